The maximum absolute atomic E-state index is 12.8. The topological polar surface area (TPSA) is 111 Å². The Kier molecular flexibility index (Phi) is 48.1. The first-order chi connectivity index (χ1) is 32.6. The molecular formula is C58H107NO8. The van der Waals surface area contributed by atoms with Gasteiger partial charge in [0.2, 0.25) is 0 Å². The molecule has 0 bridgehead atoms. The van der Waals surface area contributed by atoms with Crippen LogP contribution in [0.3, 0.4) is 0 Å². The van der Waals surface area contributed by atoms with Crippen LogP contribution in [0.2, 0.25) is 0 Å². The molecule has 0 heterocycles. The van der Waals surface area contributed by atoms with Crippen LogP contribution in [0, 0.1) is 0 Å². The molecule has 2 unspecified atom stereocenters. The molecule has 0 aromatic heterocycles. The lowest BCUT2D eigenvalue weighted by atomic mass is 10.0. The van der Waals surface area contributed by atoms with Crippen molar-refractivity contribution < 1.29 is 42.9 Å². The number of hydrogen-bond acceptors (Lipinski definition) is 8. The molecule has 0 aliphatic carbocycles. The third-order valence-corrected chi connectivity index (χ3v) is 12.4. The van der Waals surface area contributed by atoms with Crippen molar-refractivity contribution in [3.05, 3.63) is 36.5 Å². The maximum Gasteiger partial charge on any atom is 0.306 e. The van der Waals surface area contributed by atoms with E-state index in [0.29, 0.717) is 23.9 Å². The van der Waals surface area contributed by atoms with E-state index in [1.54, 1.807) is 0 Å². The number of esters is 2. The molecule has 0 N–H and O–H groups in total. The zero-order chi connectivity index (χ0) is 49.2. The van der Waals surface area contributed by atoms with Crippen molar-refractivity contribution in [1.29, 1.82) is 0 Å². The summed E-state index contributed by atoms with van der Waals surface area (Å²) in [5, 5.41) is 11.8. The smallest absolute Gasteiger partial charge is 0.306 e. The van der Waals surface area contributed by atoms with Crippen LogP contribution in [0.25, 0.3) is 0 Å². The Bertz CT molecular complexity index is 1190. The molecule has 0 rings (SSSR count). The van der Waals surface area contributed by atoms with Crippen molar-refractivity contribution in [2.75, 3.05) is 47.5 Å². The Hall–Kier alpha value is -2.49. The van der Waals surface area contributed by atoms with Crippen molar-refractivity contribution >= 4 is 17.9 Å². The molecule has 9 nitrogen and oxygen atoms in total. The zero-order valence-corrected chi connectivity index (χ0v) is 44.5. The monoisotopic (exact) mass is 946 g/mol. The van der Waals surface area contributed by atoms with Gasteiger partial charge in [-0.15, -0.1) is 0 Å². The molecule has 0 aliphatic rings. The van der Waals surface area contributed by atoms with E-state index in [2.05, 4.69) is 50.3 Å². The molecule has 0 saturated carbocycles. The van der Waals surface area contributed by atoms with Gasteiger partial charge >= 0.3 is 11.9 Å². The molecule has 0 aromatic rings. The highest BCUT2D eigenvalue weighted by Gasteiger charge is 2.22. The van der Waals surface area contributed by atoms with Crippen LogP contribution >= 0.6 is 0 Å². The highest BCUT2D eigenvalue weighted by atomic mass is 16.7. The van der Waals surface area contributed by atoms with E-state index in [1.807, 2.05) is 21.1 Å². The first-order valence-corrected chi connectivity index (χ1v) is 28.1. The summed E-state index contributed by atoms with van der Waals surface area (Å²) >= 11 is 0. The van der Waals surface area contributed by atoms with Crippen molar-refractivity contribution in [1.82, 2.24) is 0 Å². The van der Waals surface area contributed by atoms with E-state index >= 15 is 0 Å². The molecular weight excluding hydrogens is 839 g/mol. The summed E-state index contributed by atoms with van der Waals surface area (Å²) in [5.41, 5.74) is 0. The summed E-state index contributed by atoms with van der Waals surface area (Å²) in [6.45, 7) is 4.76. The molecule has 0 radical (unpaired) electrons. The number of hydrogen-bond donors (Lipinski definition) is 0. The van der Waals surface area contributed by atoms with Crippen molar-refractivity contribution in [3.63, 3.8) is 0 Å². The lowest BCUT2D eigenvalue weighted by Gasteiger charge is -2.26. The van der Waals surface area contributed by atoms with Crippen molar-refractivity contribution in [2.45, 2.75) is 270 Å². The number of nitrogens with zero attached hydrogens (tertiary/aromatic N) is 1. The summed E-state index contributed by atoms with van der Waals surface area (Å²) in [4.78, 5) is 37.2. The predicted molar refractivity (Wildman–Crippen MR) is 279 cm³/mol. The molecule has 0 amide bonds. The van der Waals surface area contributed by atoms with Gasteiger partial charge in [-0.05, 0) is 51.4 Å². The lowest BCUT2D eigenvalue weighted by molar-refractivity contribution is -0.870. The number of ether oxygens (including phenoxy) is 4. The fourth-order valence-corrected chi connectivity index (χ4v) is 8.01. The van der Waals surface area contributed by atoms with E-state index < -0.39 is 24.3 Å². The van der Waals surface area contributed by atoms with Crippen LogP contribution in [0.15, 0.2) is 36.5 Å². The Balaban J connectivity index is 4.26. The molecule has 392 valence electrons. The average Bonchev–Trinajstić information content (AvgIpc) is 3.29. The van der Waals surface area contributed by atoms with Crippen LogP contribution < -0.4 is 5.11 Å². The van der Waals surface area contributed by atoms with Gasteiger partial charge in [-0.1, -0.05) is 230 Å². The lowest BCUT2D eigenvalue weighted by Crippen LogP contribution is -2.44. The largest absolute Gasteiger partial charge is 0.545 e. The van der Waals surface area contributed by atoms with Crippen LogP contribution in [0.5, 0.6) is 0 Å². The van der Waals surface area contributed by atoms with E-state index in [0.717, 1.165) is 51.4 Å². The number of likely N-dealkylation sites (N-methyl/N-ethyl adjacent to an activating group) is 1. The average molecular weight is 946 g/mol. The normalized spacial score (nSPS) is 13.0. The van der Waals surface area contributed by atoms with Crippen LogP contribution in [-0.4, -0.2) is 82.3 Å². The Labute approximate surface area is 413 Å². The summed E-state index contributed by atoms with van der Waals surface area (Å²) in [7, 11) is 5.92. The highest BCUT2D eigenvalue weighted by molar-refractivity contribution is 5.70. The van der Waals surface area contributed by atoms with Crippen LogP contribution in [0.4, 0.5) is 0 Å². The highest BCUT2D eigenvalue weighted by Crippen LogP contribution is 2.16. The van der Waals surface area contributed by atoms with E-state index in [9.17, 15) is 19.5 Å². The number of aliphatic carboxylic acids is 1. The van der Waals surface area contributed by atoms with Gasteiger partial charge in [-0.25, -0.2) is 0 Å². The zero-order valence-electron chi connectivity index (χ0n) is 44.5. The molecule has 0 saturated heterocycles. The standard InChI is InChI=1S/C58H107NO8/c1-6-8-10-12-14-16-18-20-22-24-25-26-27-28-29-30-31-33-35-37-39-41-43-45-47-49-56(61)67-54(53-66-58(57(62)63)64-51-50-59(3,4)5)52-65-55(60)48-46-44-42-40-38-36-34-32-23-21-19-17-15-13-11-9-7-2/h18,20,24-25,27-28,54,58H,6-17,19,21-23,26,29-53H2,1-5H3/b20-18-,25-24-,28-27-. The minimum atomic E-state index is -1.62. The SMILES string of the molecule is CCCCCCC/C=C\C/C=C\C/C=C\CCCCCCCCCCCCC(=O)OC(COC(=O)CCCCCCCCCCCCCCCCCCC)COC(OCC[N+](C)(C)C)C(=O)[O-]. The molecule has 9 heteroatoms. The van der Waals surface area contributed by atoms with Gasteiger partial charge in [-0.2, -0.15) is 0 Å². The van der Waals surface area contributed by atoms with E-state index in [4.69, 9.17) is 18.9 Å². The number of carboxylic acid groups (broad SMARTS) is 1. The van der Waals surface area contributed by atoms with E-state index in [-0.39, 0.29) is 32.2 Å². The molecule has 67 heavy (non-hydrogen) atoms. The summed E-state index contributed by atoms with van der Waals surface area (Å²) in [6, 6.07) is 0. The van der Waals surface area contributed by atoms with Gasteiger partial charge in [0.1, 0.15) is 13.2 Å². The van der Waals surface area contributed by atoms with Crippen LogP contribution in [0.1, 0.15) is 258 Å². The number of allylic oxidation sites excluding steroid dienone is 6. The minimum absolute atomic E-state index is 0.148. The van der Waals surface area contributed by atoms with E-state index in [1.165, 1.54) is 173 Å². The van der Waals surface area contributed by atoms with Crippen molar-refractivity contribution in [3.8, 4) is 0 Å². The number of carboxylic acids is 1. The predicted octanol–water partition coefficient (Wildman–Crippen LogP) is 14.8. The quantitative estimate of drug-likeness (QED) is 0.0195. The second kappa shape index (κ2) is 49.9. The molecule has 0 aliphatic heterocycles. The van der Waals surface area contributed by atoms with Gasteiger partial charge in [0, 0.05) is 12.8 Å². The number of rotatable bonds is 52. The first-order valence-electron chi connectivity index (χ1n) is 28.1. The third kappa shape index (κ3) is 51.2. The van der Waals surface area contributed by atoms with Gasteiger partial charge < -0.3 is 33.3 Å². The van der Waals surface area contributed by atoms with Gasteiger partial charge in [0.15, 0.2) is 12.4 Å². The van der Waals surface area contributed by atoms with Gasteiger partial charge in [-0.3, -0.25) is 9.59 Å². The second-order valence-corrected chi connectivity index (χ2v) is 20.2. The molecule has 2 atom stereocenters. The fraction of sp³-hybridized carbons (Fsp3) is 0.845. The summed E-state index contributed by atoms with van der Waals surface area (Å²) in [6.07, 6.45) is 56.1. The third-order valence-electron chi connectivity index (χ3n) is 12.4. The molecule has 0 fully saturated rings. The maximum atomic E-state index is 12.8. The number of carbonyl (C=O) groups excluding carboxylic acids is 3. The number of quaternary nitrogens is 1. The second-order valence-electron chi connectivity index (χ2n) is 20.2. The fourth-order valence-electron chi connectivity index (χ4n) is 8.01. The number of carbonyl (C=O) groups is 3. The Morgan fingerprint density at radius 2 is 0.806 bits per heavy atom. The molecule has 0 aromatic carbocycles. The van der Waals surface area contributed by atoms with Gasteiger partial charge in [0.25, 0.3) is 0 Å². The summed E-state index contributed by atoms with van der Waals surface area (Å²) < 4.78 is 22.7. The Morgan fingerprint density at radius 1 is 0.448 bits per heavy atom. The summed E-state index contributed by atoms with van der Waals surface area (Å²) in [5.74, 6) is -2.27. The van der Waals surface area contributed by atoms with Gasteiger partial charge in [0.05, 0.1) is 40.3 Å². The van der Waals surface area contributed by atoms with Crippen LogP contribution in [-0.2, 0) is 33.3 Å². The minimum Gasteiger partial charge on any atom is -0.545 e. The van der Waals surface area contributed by atoms with Crippen molar-refractivity contribution in [2.24, 2.45) is 0 Å². The first kappa shape index (κ1) is 64.5. The molecule has 0 spiro atoms. The Morgan fingerprint density at radius 3 is 1.19 bits per heavy atom. The number of unbranched alkanes of at least 4 members (excludes halogenated alkanes) is 31.